The van der Waals surface area contributed by atoms with E-state index < -0.39 is 35.3 Å². The van der Waals surface area contributed by atoms with Crippen LogP contribution in [0.1, 0.15) is 65.7 Å². The molecule has 2 aliphatic rings. The third kappa shape index (κ3) is 6.21. The Balaban J connectivity index is 1.36. The lowest BCUT2D eigenvalue weighted by Gasteiger charge is -2.40. The minimum atomic E-state index is -4.74. The molecule has 3 aromatic rings. The Hall–Kier alpha value is -3.71. The second kappa shape index (κ2) is 11.9. The Morgan fingerprint density at radius 1 is 0.976 bits per heavy atom. The van der Waals surface area contributed by atoms with Gasteiger partial charge < -0.3 is 15.4 Å². The van der Waals surface area contributed by atoms with E-state index in [1.165, 1.54) is 48.5 Å². The van der Waals surface area contributed by atoms with Crippen LogP contribution in [0.15, 0.2) is 79.1 Å². The minimum absolute atomic E-state index is 0.0849. The normalized spacial score (nSPS) is 22.9. The largest absolute Gasteiger partial charge is 0.476 e. The zero-order chi connectivity index (χ0) is 30.1. The monoisotopic (exact) mass is 598 g/mol. The Morgan fingerprint density at radius 2 is 1.60 bits per heavy atom. The number of alkyl halides is 3. The van der Waals surface area contributed by atoms with Gasteiger partial charge in [0, 0.05) is 17.0 Å². The summed E-state index contributed by atoms with van der Waals surface area (Å²) >= 11 is 0. The summed E-state index contributed by atoms with van der Waals surface area (Å²) < 4.78 is 61.7. The molecule has 2 N–H and O–H groups in total. The third-order valence-electron chi connectivity index (χ3n) is 8.14. The summed E-state index contributed by atoms with van der Waals surface area (Å²) in [4.78, 5) is 27.2. The maximum Gasteiger partial charge on any atom is 0.412 e. The average Bonchev–Trinajstić information content (AvgIpc) is 3.42. The molecule has 220 valence electrons. The highest BCUT2D eigenvalue weighted by atomic mass is 31.0. The van der Waals surface area contributed by atoms with Gasteiger partial charge in [0.25, 0.3) is 0 Å². The van der Waals surface area contributed by atoms with Gasteiger partial charge in [0.05, 0.1) is 11.1 Å². The Labute approximate surface area is 243 Å². The van der Waals surface area contributed by atoms with E-state index in [0.29, 0.717) is 29.3 Å². The highest BCUT2D eigenvalue weighted by Gasteiger charge is 2.49. The maximum atomic E-state index is 14.2. The van der Waals surface area contributed by atoms with Gasteiger partial charge in [-0.15, -0.1) is 9.24 Å². The van der Waals surface area contributed by atoms with Crippen molar-refractivity contribution in [2.45, 2.75) is 56.5 Å². The van der Waals surface area contributed by atoms with Crippen LogP contribution in [0.4, 0.5) is 17.6 Å². The van der Waals surface area contributed by atoms with Crippen molar-refractivity contribution in [2.75, 3.05) is 0 Å². The number of rotatable bonds is 7. The Morgan fingerprint density at radius 3 is 2.14 bits per heavy atom. The summed E-state index contributed by atoms with van der Waals surface area (Å²) in [6.07, 6.45) is -2.38. The molecule has 42 heavy (non-hydrogen) atoms. The number of ketones is 1. The summed E-state index contributed by atoms with van der Waals surface area (Å²) in [6.45, 7) is 1.88. The van der Waals surface area contributed by atoms with Crippen molar-refractivity contribution in [1.29, 1.82) is 0 Å². The van der Waals surface area contributed by atoms with Crippen molar-refractivity contribution < 1.29 is 31.9 Å². The summed E-state index contributed by atoms with van der Waals surface area (Å²) in [6, 6.07) is 15.9. The van der Waals surface area contributed by atoms with E-state index in [9.17, 15) is 27.2 Å². The van der Waals surface area contributed by atoms with Crippen LogP contribution in [-0.4, -0.2) is 24.1 Å². The summed E-state index contributed by atoms with van der Waals surface area (Å²) in [5.74, 6) is -1.80. The lowest BCUT2D eigenvalue weighted by Crippen LogP contribution is -2.50. The van der Waals surface area contributed by atoms with Crippen molar-refractivity contribution >= 4 is 31.9 Å². The molecule has 0 bridgehead atoms. The first-order valence-corrected chi connectivity index (χ1v) is 14.3. The molecule has 3 aromatic carbocycles. The van der Waals surface area contributed by atoms with Gasteiger partial charge >= 0.3 is 6.18 Å². The molecule has 1 saturated carbocycles. The van der Waals surface area contributed by atoms with E-state index in [2.05, 4.69) is 19.9 Å². The fourth-order valence-corrected chi connectivity index (χ4v) is 5.95. The molecule has 3 unspecified atom stereocenters. The minimum Gasteiger partial charge on any atom is -0.476 e. The number of nitrogens with one attached hydrogen (secondary N) is 2. The molecule has 0 saturated heterocycles. The second-order valence-corrected chi connectivity index (χ2v) is 11.5. The number of amides is 1. The van der Waals surface area contributed by atoms with Gasteiger partial charge in [0.15, 0.2) is 18.1 Å². The smallest absolute Gasteiger partial charge is 0.412 e. The number of Topliss-reactive ketones (excluding diaryl/α,β-unsaturated/α-hetero) is 1. The van der Waals surface area contributed by atoms with Crippen molar-refractivity contribution in [1.82, 2.24) is 10.6 Å². The first-order valence-electron chi connectivity index (χ1n) is 13.7. The van der Waals surface area contributed by atoms with Crippen LogP contribution in [0, 0.1) is 11.7 Å². The summed E-state index contributed by atoms with van der Waals surface area (Å²) in [7, 11) is 2.41. The number of hydrogen-bond acceptors (Lipinski definition) is 4. The summed E-state index contributed by atoms with van der Waals surface area (Å²) in [5.41, 5.74) is 1.19. The van der Waals surface area contributed by atoms with Gasteiger partial charge in [-0.05, 0) is 61.2 Å². The van der Waals surface area contributed by atoms with Gasteiger partial charge in [-0.1, -0.05) is 60.7 Å². The van der Waals surface area contributed by atoms with E-state index in [1.54, 1.807) is 18.4 Å². The predicted molar refractivity (Wildman–Crippen MR) is 155 cm³/mol. The molecular weight excluding hydrogens is 567 g/mol. The molecule has 0 spiro atoms. The van der Waals surface area contributed by atoms with Gasteiger partial charge in [0.2, 0.25) is 5.91 Å². The van der Waals surface area contributed by atoms with Crippen LogP contribution in [0.2, 0.25) is 0 Å². The fraction of sp³-hybridized carbons (Fsp3) is 0.312. The molecule has 1 aliphatic heterocycles. The van der Waals surface area contributed by atoms with Crippen LogP contribution >= 0.6 is 9.24 Å². The van der Waals surface area contributed by atoms with Crippen molar-refractivity contribution in [3.63, 3.8) is 0 Å². The molecule has 5 nitrogen and oxygen atoms in total. The molecule has 0 radical (unpaired) electrons. The van der Waals surface area contributed by atoms with Crippen molar-refractivity contribution in [2.24, 2.45) is 5.92 Å². The second-order valence-electron chi connectivity index (χ2n) is 10.9. The Bertz CT molecular complexity index is 1460. The molecule has 1 amide bonds. The van der Waals surface area contributed by atoms with Crippen LogP contribution in [0.5, 0.6) is 0 Å². The third-order valence-corrected chi connectivity index (χ3v) is 8.53. The predicted octanol–water partition coefficient (Wildman–Crippen LogP) is 6.32. The van der Waals surface area contributed by atoms with Gasteiger partial charge in [-0.3, -0.25) is 9.59 Å². The molecular formula is C32H31F4N2O3P. The number of benzene rings is 3. The average molecular weight is 599 g/mol. The molecule has 3 atom stereocenters. The lowest BCUT2D eigenvalue weighted by molar-refractivity contribution is -0.165. The zero-order valence-electron chi connectivity index (χ0n) is 22.9. The van der Waals surface area contributed by atoms with Crippen molar-refractivity contribution in [3.05, 3.63) is 107 Å². The number of carbonyl (C=O) groups is 2. The van der Waals surface area contributed by atoms with E-state index in [4.69, 9.17) is 4.74 Å². The quantitative estimate of drug-likeness (QED) is 0.190. The maximum absolute atomic E-state index is 14.2. The lowest BCUT2D eigenvalue weighted by atomic mass is 9.65. The molecule has 5 rings (SSSR count). The fourth-order valence-electron chi connectivity index (χ4n) is 5.76. The Kier molecular flexibility index (Phi) is 8.42. The molecule has 10 heteroatoms. The van der Waals surface area contributed by atoms with E-state index in [-0.39, 0.29) is 30.4 Å². The molecule has 0 aromatic heterocycles. The van der Waals surface area contributed by atoms with Gasteiger partial charge in [-0.2, -0.15) is 13.2 Å². The van der Waals surface area contributed by atoms with Crippen LogP contribution in [0.3, 0.4) is 0 Å². The molecule has 1 heterocycles. The van der Waals surface area contributed by atoms with Crippen LogP contribution in [0.25, 0.3) is 5.70 Å². The standard InChI is InChI=1S/C32H31F4N2O3P/c1-19-37-27(18-41-19)20-2-4-21(5-3-20)28(39)22-14-16-31(17-15-22,24-8-10-25(33)11-9-24)30(40)38-29(32(34,35)36)23-6-12-26(42)13-7-23/h2-13,18-19,22,29,37H,14-17,42H2,1H3,(H,38,40). The van der Waals surface area contributed by atoms with E-state index in [1.807, 2.05) is 19.1 Å². The van der Waals surface area contributed by atoms with Crippen molar-refractivity contribution in [3.8, 4) is 0 Å². The topological polar surface area (TPSA) is 67.4 Å². The van der Waals surface area contributed by atoms with Crippen LogP contribution in [-0.2, 0) is 14.9 Å². The highest BCUT2D eigenvalue weighted by molar-refractivity contribution is 7.27. The van der Waals surface area contributed by atoms with Gasteiger partial charge in [0.1, 0.15) is 12.1 Å². The molecule has 1 fully saturated rings. The van der Waals surface area contributed by atoms with Gasteiger partial charge in [-0.25, -0.2) is 4.39 Å². The number of ether oxygens (including phenoxy) is 1. The number of hydrogen-bond donors (Lipinski definition) is 2. The zero-order valence-corrected chi connectivity index (χ0v) is 24.0. The first-order chi connectivity index (χ1) is 20.0. The number of halogens is 4. The SMILES string of the molecule is CC1NC(c2ccc(C(=O)C3CCC(C(=O)NC(c4ccc(P)cc4)C(F)(F)F)(c4ccc(F)cc4)CC3)cc2)=CO1. The highest BCUT2D eigenvalue weighted by Crippen LogP contribution is 2.44. The number of carbonyl (C=O) groups excluding carboxylic acids is 2. The van der Waals surface area contributed by atoms with E-state index >= 15 is 0 Å². The van der Waals surface area contributed by atoms with E-state index in [0.717, 1.165) is 11.3 Å². The first kappa shape index (κ1) is 29.8. The summed E-state index contributed by atoms with van der Waals surface area (Å²) in [5, 5.41) is 6.15. The van der Waals surface area contributed by atoms with Crippen LogP contribution < -0.4 is 15.9 Å². The molecule has 1 aliphatic carbocycles.